The van der Waals surface area contributed by atoms with E-state index in [2.05, 4.69) is 12.1 Å². The minimum atomic E-state index is -4.27. The number of rotatable bonds is 9. The van der Waals surface area contributed by atoms with Crippen LogP contribution in [0.2, 0.25) is 0 Å². The molecule has 0 spiro atoms. The Bertz CT molecular complexity index is 1350. The van der Waals surface area contributed by atoms with Gasteiger partial charge in [-0.3, -0.25) is 0 Å². The molecule has 1 unspecified atom stereocenters. The monoisotopic (exact) mass is 529 g/mol. The standard InChI is InChI=1S/C28H29F2NO5S/c1-34-27-13-19(8-10-26(27)36-24-14-20-5-2-3-6-21(20)15-24)17-31(18-23-7-4-12-35-23)37(32,33)28-11-9-22(29)16-25(28)30/h2-3,5-6,8-11,13,16,23-24H,4,7,12,14-15,17-18H2,1H3. The lowest BCUT2D eigenvalue weighted by Crippen LogP contribution is -2.37. The van der Waals surface area contributed by atoms with Crippen LogP contribution in [0, 0.1) is 11.6 Å². The van der Waals surface area contributed by atoms with Crippen LogP contribution in [0.5, 0.6) is 11.5 Å². The van der Waals surface area contributed by atoms with Gasteiger partial charge in [0.05, 0.1) is 13.2 Å². The molecule has 1 aliphatic heterocycles. The van der Waals surface area contributed by atoms with E-state index >= 15 is 0 Å². The van der Waals surface area contributed by atoms with Crippen LogP contribution in [0.3, 0.4) is 0 Å². The molecular formula is C28H29F2NO5S. The molecule has 6 nitrogen and oxygen atoms in total. The zero-order valence-corrected chi connectivity index (χ0v) is 21.3. The Morgan fingerprint density at radius 2 is 1.76 bits per heavy atom. The summed E-state index contributed by atoms with van der Waals surface area (Å²) in [5.41, 5.74) is 3.18. The third-order valence-electron chi connectivity index (χ3n) is 6.84. The minimum absolute atomic E-state index is 0.0185. The van der Waals surface area contributed by atoms with Gasteiger partial charge in [0, 0.05) is 38.6 Å². The first-order valence-electron chi connectivity index (χ1n) is 12.3. The highest BCUT2D eigenvalue weighted by Gasteiger charge is 2.32. The fourth-order valence-electron chi connectivity index (χ4n) is 4.98. The summed E-state index contributed by atoms with van der Waals surface area (Å²) in [6, 6.07) is 16.0. The van der Waals surface area contributed by atoms with Gasteiger partial charge in [-0.1, -0.05) is 30.3 Å². The molecule has 37 heavy (non-hydrogen) atoms. The van der Waals surface area contributed by atoms with Crippen molar-refractivity contribution in [2.45, 2.75) is 49.3 Å². The molecule has 0 amide bonds. The number of nitrogens with zero attached hydrogens (tertiary/aromatic N) is 1. The number of benzene rings is 3. The van der Waals surface area contributed by atoms with Crippen molar-refractivity contribution in [3.05, 3.63) is 89.0 Å². The molecule has 2 aliphatic rings. The summed E-state index contributed by atoms with van der Waals surface area (Å²) < 4.78 is 73.6. The van der Waals surface area contributed by atoms with Crippen LogP contribution in [0.25, 0.3) is 0 Å². The molecule has 1 fully saturated rings. The normalized spacial score (nSPS) is 17.8. The van der Waals surface area contributed by atoms with Gasteiger partial charge in [0.25, 0.3) is 0 Å². The topological polar surface area (TPSA) is 65.1 Å². The van der Waals surface area contributed by atoms with Gasteiger partial charge in [0.2, 0.25) is 10.0 Å². The summed E-state index contributed by atoms with van der Waals surface area (Å²) in [6.45, 7) is 0.568. The van der Waals surface area contributed by atoms with Gasteiger partial charge in [-0.2, -0.15) is 4.31 Å². The second kappa shape index (κ2) is 10.8. The maximum Gasteiger partial charge on any atom is 0.246 e. The van der Waals surface area contributed by atoms with Crippen molar-refractivity contribution in [2.75, 3.05) is 20.3 Å². The zero-order valence-electron chi connectivity index (χ0n) is 20.5. The zero-order chi connectivity index (χ0) is 26.0. The maximum absolute atomic E-state index is 14.5. The fraction of sp³-hybridized carbons (Fsp3) is 0.357. The summed E-state index contributed by atoms with van der Waals surface area (Å²) in [5, 5.41) is 0. The van der Waals surface area contributed by atoms with Gasteiger partial charge in [0.1, 0.15) is 22.6 Å². The van der Waals surface area contributed by atoms with E-state index in [0.29, 0.717) is 36.2 Å². The van der Waals surface area contributed by atoms with Crippen LogP contribution >= 0.6 is 0 Å². The molecule has 3 aromatic carbocycles. The average molecular weight is 530 g/mol. The largest absolute Gasteiger partial charge is 0.493 e. The first-order valence-corrected chi connectivity index (χ1v) is 13.7. The summed E-state index contributed by atoms with van der Waals surface area (Å²) >= 11 is 0. The molecule has 1 saturated heterocycles. The van der Waals surface area contributed by atoms with E-state index in [0.717, 1.165) is 31.4 Å². The van der Waals surface area contributed by atoms with Crippen molar-refractivity contribution < 1.29 is 31.4 Å². The molecule has 9 heteroatoms. The van der Waals surface area contributed by atoms with E-state index in [9.17, 15) is 17.2 Å². The van der Waals surface area contributed by atoms with E-state index in [4.69, 9.17) is 14.2 Å². The van der Waals surface area contributed by atoms with Crippen molar-refractivity contribution in [2.24, 2.45) is 0 Å². The Labute approximate surface area is 215 Å². The van der Waals surface area contributed by atoms with E-state index in [1.165, 1.54) is 22.5 Å². The molecule has 0 saturated carbocycles. The Balaban J connectivity index is 1.38. The third-order valence-corrected chi connectivity index (χ3v) is 8.68. The van der Waals surface area contributed by atoms with E-state index < -0.39 is 26.6 Å². The van der Waals surface area contributed by atoms with Crippen molar-refractivity contribution >= 4 is 10.0 Å². The first-order chi connectivity index (χ1) is 17.8. The van der Waals surface area contributed by atoms with E-state index in [1.54, 1.807) is 18.2 Å². The van der Waals surface area contributed by atoms with Crippen molar-refractivity contribution in [1.29, 1.82) is 0 Å². The average Bonchev–Trinajstić information content (AvgIpc) is 3.53. The van der Waals surface area contributed by atoms with Crippen molar-refractivity contribution in [3.63, 3.8) is 0 Å². The van der Waals surface area contributed by atoms with Crippen LogP contribution < -0.4 is 9.47 Å². The summed E-state index contributed by atoms with van der Waals surface area (Å²) in [5.74, 6) is -0.915. The molecule has 0 aromatic heterocycles. The van der Waals surface area contributed by atoms with E-state index in [1.807, 2.05) is 12.1 Å². The third kappa shape index (κ3) is 5.63. The van der Waals surface area contributed by atoms with Crippen LogP contribution in [-0.2, 0) is 34.1 Å². The lowest BCUT2D eigenvalue weighted by Gasteiger charge is -2.25. The van der Waals surface area contributed by atoms with E-state index in [-0.39, 0.29) is 25.3 Å². The summed E-state index contributed by atoms with van der Waals surface area (Å²) in [6.07, 6.45) is 2.82. The Morgan fingerprint density at radius 3 is 2.41 bits per heavy atom. The Morgan fingerprint density at radius 1 is 1.00 bits per heavy atom. The van der Waals surface area contributed by atoms with Gasteiger partial charge in [0.15, 0.2) is 11.5 Å². The molecule has 0 radical (unpaired) electrons. The molecule has 196 valence electrons. The first kappa shape index (κ1) is 25.6. The highest BCUT2D eigenvalue weighted by molar-refractivity contribution is 7.89. The second-order valence-corrected chi connectivity index (χ2v) is 11.3. The Kier molecular flexibility index (Phi) is 7.46. The van der Waals surface area contributed by atoms with Gasteiger partial charge >= 0.3 is 0 Å². The Hall–Kier alpha value is -3.01. The molecule has 1 aliphatic carbocycles. The molecular weight excluding hydrogens is 500 g/mol. The summed E-state index contributed by atoms with van der Waals surface area (Å²) in [4.78, 5) is -0.570. The van der Waals surface area contributed by atoms with Crippen molar-refractivity contribution in [1.82, 2.24) is 4.31 Å². The number of sulfonamides is 1. The minimum Gasteiger partial charge on any atom is -0.493 e. The van der Waals surface area contributed by atoms with Gasteiger partial charge < -0.3 is 14.2 Å². The molecule has 0 bridgehead atoms. The van der Waals surface area contributed by atoms with Crippen LogP contribution in [0.1, 0.15) is 29.5 Å². The smallest absolute Gasteiger partial charge is 0.246 e. The molecule has 5 rings (SSSR count). The van der Waals surface area contributed by atoms with Gasteiger partial charge in [-0.05, 0) is 53.8 Å². The highest BCUT2D eigenvalue weighted by Crippen LogP contribution is 2.34. The van der Waals surface area contributed by atoms with Gasteiger partial charge in [-0.15, -0.1) is 0 Å². The fourth-order valence-corrected chi connectivity index (χ4v) is 6.48. The lowest BCUT2D eigenvalue weighted by atomic mass is 10.1. The molecule has 1 heterocycles. The maximum atomic E-state index is 14.5. The molecule has 0 N–H and O–H groups in total. The predicted molar refractivity (Wildman–Crippen MR) is 134 cm³/mol. The van der Waals surface area contributed by atoms with Crippen LogP contribution in [0.4, 0.5) is 8.78 Å². The highest BCUT2D eigenvalue weighted by atomic mass is 32.2. The predicted octanol–water partition coefficient (Wildman–Crippen LogP) is 4.89. The quantitative estimate of drug-likeness (QED) is 0.395. The van der Waals surface area contributed by atoms with Crippen LogP contribution in [-0.4, -0.2) is 45.2 Å². The van der Waals surface area contributed by atoms with Crippen LogP contribution in [0.15, 0.2) is 65.6 Å². The number of hydrogen-bond acceptors (Lipinski definition) is 5. The number of fused-ring (bicyclic) bond motifs is 1. The number of methoxy groups -OCH3 is 1. The second-order valence-electron chi connectivity index (χ2n) is 9.41. The molecule has 3 aromatic rings. The van der Waals surface area contributed by atoms with Crippen molar-refractivity contribution in [3.8, 4) is 11.5 Å². The molecule has 1 atom stereocenters. The number of hydrogen-bond donors (Lipinski definition) is 0. The lowest BCUT2D eigenvalue weighted by molar-refractivity contribution is 0.0925. The SMILES string of the molecule is COc1cc(CN(CC2CCCO2)S(=O)(=O)c2ccc(F)cc2F)ccc1OC1Cc2ccccc2C1. The number of ether oxygens (including phenoxy) is 3. The van der Waals surface area contributed by atoms with Gasteiger partial charge in [-0.25, -0.2) is 17.2 Å². The summed E-state index contributed by atoms with van der Waals surface area (Å²) in [7, 11) is -2.74. The number of halogens is 2.